The fraction of sp³-hybridized carbons (Fsp3) is 0.500. The van der Waals surface area contributed by atoms with E-state index in [1.807, 2.05) is 24.2 Å². The highest BCUT2D eigenvalue weighted by atomic mass is 19.1. The van der Waals surface area contributed by atoms with E-state index in [2.05, 4.69) is 23.4 Å². The number of aryl methyl sites for hydroxylation is 1. The lowest BCUT2D eigenvalue weighted by Crippen LogP contribution is -2.40. The van der Waals surface area contributed by atoms with Crippen LogP contribution < -0.4 is 0 Å². The SMILES string of the molecule is Cc1cc(F)ccc1CC(=O)N1CCC[C@H](c2nccn2C(C)C)C1. The summed E-state index contributed by atoms with van der Waals surface area (Å²) in [6.45, 7) is 7.65. The van der Waals surface area contributed by atoms with Crippen molar-refractivity contribution in [1.29, 1.82) is 0 Å². The maximum Gasteiger partial charge on any atom is 0.227 e. The highest BCUT2D eigenvalue weighted by molar-refractivity contribution is 5.79. The van der Waals surface area contributed by atoms with Gasteiger partial charge in [0.05, 0.1) is 6.42 Å². The number of benzene rings is 1. The number of hydrogen-bond donors (Lipinski definition) is 0. The van der Waals surface area contributed by atoms with Crippen LogP contribution in [0.15, 0.2) is 30.6 Å². The van der Waals surface area contributed by atoms with Gasteiger partial charge in [-0.1, -0.05) is 6.07 Å². The van der Waals surface area contributed by atoms with Gasteiger partial charge < -0.3 is 9.47 Å². The Bertz CT molecular complexity index is 753. The van der Waals surface area contributed by atoms with Crippen LogP contribution in [0.1, 0.15) is 55.6 Å². The summed E-state index contributed by atoms with van der Waals surface area (Å²) in [7, 11) is 0. The minimum absolute atomic E-state index is 0.113. The summed E-state index contributed by atoms with van der Waals surface area (Å²) in [5.74, 6) is 1.21. The standard InChI is InChI=1S/C20H26FN3O/c1-14(2)24-10-8-22-20(24)17-5-4-9-23(13-17)19(25)12-16-6-7-18(21)11-15(16)3/h6-8,10-11,14,17H,4-5,9,12-13H2,1-3H3/t17-/m0/s1. The summed E-state index contributed by atoms with van der Waals surface area (Å²) in [4.78, 5) is 19.2. The first kappa shape index (κ1) is 17.6. The molecule has 1 aliphatic heterocycles. The number of piperidine rings is 1. The fourth-order valence-corrected chi connectivity index (χ4v) is 3.62. The molecule has 2 heterocycles. The second-order valence-electron chi connectivity index (χ2n) is 7.21. The molecule has 25 heavy (non-hydrogen) atoms. The smallest absolute Gasteiger partial charge is 0.227 e. The third-order valence-corrected chi connectivity index (χ3v) is 5.04. The molecule has 0 saturated carbocycles. The number of halogens is 1. The molecule has 0 N–H and O–H groups in total. The maximum absolute atomic E-state index is 13.2. The van der Waals surface area contributed by atoms with E-state index in [-0.39, 0.29) is 17.6 Å². The Kier molecular flexibility index (Phi) is 5.21. The van der Waals surface area contributed by atoms with E-state index in [0.717, 1.165) is 36.3 Å². The lowest BCUT2D eigenvalue weighted by atomic mass is 9.96. The predicted molar refractivity (Wildman–Crippen MR) is 96.0 cm³/mol. The number of imidazole rings is 1. The van der Waals surface area contributed by atoms with Gasteiger partial charge in [0.2, 0.25) is 5.91 Å². The predicted octanol–water partition coefficient (Wildman–Crippen LogP) is 3.86. The summed E-state index contributed by atoms with van der Waals surface area (Å²) in [6, 6.07) is 5.00. The zero-order chi connectivity index (χ0) is 18.0. The number of amides is 1. The third-order valence-electron chi connectivity index (χ3n) is 5.04. The highest BCUT2D eigenvalue weighted by Gasteiger charge is 2.28. The molecule has 1 aromatic carbocycles. The van der Waals surface area contributed by atoms with E-state index >= 15 is 0 Å². The van der Waals surface area contributed by atoms with E-state index < -0.39 is 0 Å². The number of nitrogens with zero attached hydrogens (tertiary/aromatic N) is 3. The van der Waals surface area contributed by atoms with Crippen molar-refractivity contribution in [1.82, 2.24) is 14.5 Å². The van der Waals surface area contributed by atoms with Gasteiger partial charge in [-0.05, 0) is 56.9 Å². The van der Waals surface area contributed by atoms with Gasteiger partial charge in [0, 0.05) is 37.4 Å². The summed E-state index contributed by atoms with van der Waals surface area (Å²) in [5.41, 5.74) is 1.73. The van der Waals surface area contributed by atoms with Crippen LogP contribution >= 0.6 is 0 Å². The van der Waals surface area contributed by atoms with Gasteiger partial charge in [-0.25, -0.2) is 9.37 Å². The molecule has 134 valence electrons. The average Bonchev–Trinajstić information content (AvgIpc) is 3.07. The van der Waals surface area contributed by atoms with E-state index in [4.69, 9.17) is 0 Å². The van der Waals surface area contributed by atoms with Crippen molar-refractivity contribution in [3.8, 4) is 0 Å². The van der Waals surface area contributed by atoms with Gasteiger partial charge in [0.25, 0.3) is 0 Å². The van der Waals surface area contributed by atoms with Gasteiger partial charge in [-0.15, -0.1) is 0 Å². The lowest BCUT2D eigenvalue weighted by Gasteiger charge is -2.33. The second-order valence-corrected chi connectivity index (χ2v) is 7.21. The number of carbonyl (C=O) groups is 1. The average molecular weight is 343 g/mol. The molecule has 0 bridgehead atoms. The van der Waals surface area contributed by atoms with Crippen LogP contribution in [-0.4, -0.2) is 33.4 Å². The number of rotatable bonds is 4. The molecule has 1 saturated heterocycles. The molecule has 1 atom stereocenters. The summed E-state index contributed by atoms with van der Waals surface area (Å²) in [6.07, 6.45) is 6.24. The Labute approximate surface area is 148 Å². The monoisotopic (exact) mass is 343 g/mol. The first-order valence-electron chi connectivity index (χ1n) is 9.01. The second kappa shape index (κ2) is 7.38. The van der Waals surface area contributed by atoms with Gasteiger partial charge in [-0.3, -0.25) is 4.79 Å². The maximum atomic E-state index is 13.2. The molecule has 1 amide bonds. The Balaban J connectivity index is 1.70. The van der Waals surface area contributed by atoms with Crippen LogP contribution in [0, 0.1) is 12.7 Å². The first-order chi connectivity index (χ1) is 12.0. The third kappa shape index (κ3) is 3.91. The molecule has 0 aliphatic carbocycles. The van der Waals surface area contributed by atoms with Crippen molar-refractivity contribution in [2.45, 2.75) is 52.0 Å². The number of likely N-dealkylation sites (tertiary alicyclic amines) is 1. The number of aromatic nitrogens is 2. The molecule has 3 rings (SSSR count). The van der Waals surface area contributed by atoms with E-state index in [9.17, 15) is 9.18 Å². The summed E-state index contributed by atoms with van der Waals surface area (Å²) >= 11 is 0. The molecule has 2 aromatic rings. The Morgan fingerprint density at radius 3 is 2.92 bits per heavy atom. The minimum atomic E-state index is -0.257. The zero-order valence-corrected chi connectivity index (χ0v) is 15.2. The molecule has 0 spiro atoms. The van der Waals surface area contributed by atoms with Crippen LogP contribution in [0.4, 0.5) is 4.39 Å². The molecule has 5 heteroatoms. The molecule has 1 aromatic heterocycles. The minimum Gasteiger partial charge on any atom is -0.342 e. The molecule has 0 radical (unpaired) electrons. The molecule has 4 nitrogen and oxygen atoms in total. The zero-order valence-electron chi connectivity index (χ0n) is 15.2. The topological polar surface area (TPSA) is 38.1 Å². The molecular formula is C20H26FN3O. The molecule has 1 aliphatic rings. The van der Waals surface area contributed by atoms with Crippen molar-refractivity contribution in [2.75, 3.05) is 13.1 Å². The fourth-order valence-electron chi connectivity index (χ4n) is 3.62. The highest BCUT2D eigenvalue weighted by Crippen LogP contribution is 2.28. The number of hydrogen-bond acceptors (Lipinski definition) is 2. The molecule has 0 unspecified atom stereocenters. The van der Waals surface area contributed by atoms with Crippen LogP contribution in [0.5, 0.6) is 0 Å². The van der Waals surface area contributed by atoms with E-state index in [1.54, 1.807) is 6.07 Å². The van der Waals surface area contributed by atoms with Crippen molar-refractivity contribution in [3.05, 3.63) is 53.4 Å². The Morgan fingerprint density at radius 2 is 2.20 bits per heavy atom. The molecule has 1 fully saturated rings. The lowest BCUT2D eigenvalue weighted by molar-refractivity contribution is -0.131. The van der Waals surface area contributed by atoms with Gasteiger partial charge in [-0.2, -0.15) is 0 Å². The van der Waals surface area contributed by atoms with Crippen molar-refractivity contribution >= 4 is 5.91 Å². The Morgan fingerprint density at radius 1 is 1.40 bits per heavy atom. The van der Waals surface area contributed by atoms with Crippen LogP contribution in [0.25, 0.3) is 0 Å². The van der Waals surface area contributed by atoms with Crippen LogP contribution in [-0.2, 0) is 11.2 Å². The van der Waals surface area contributed by atoms with Gasteiger partial charge in [0.15, 0.2) is 0 Å². The van der Waals surface area contributed by atoms with E-state index in [0.29, 0.717) is 19.0 Å². The molecular weight excluding hydrogens is 317 g/mol. The largest absolute Gasteiger partial charge is 0.342 e. The van der Waals surface area contributed by atoms with Crippen molar-refractivity contribution in [3.63, 3.8) is 0 Å². The van der Waals surface area contributed by atoms with Gasteiger partial charge >= 0.3 is 0 Å². The summed E-state index contributed by atoms with van der Waals surface area (Å²) < 4.78 is 15.4. The Hall–Kier alpha value is -2.17. The quantitative estimate of drug-likeness (QED) is 0.845. The van der Waals surface area contributed by atoms with Gasteiger partial charge in [0.1, 0.15) is 11.6 Å². The van der Waals surface area contributed by atoms with Crippen molar-refractivity contribution in [2.24, 2.45) is 0 Å². The van der Waals surface area contributed by atoms with Crippen LogP contribution in [0.3, 0.4) is 0 Å². The first-order valence-corrected chi connectivity index (χ1v) is 9.01. The normalized spacial score (nSPS) is 18.0. The van der Waals surface area contributed by atoms with Crippen LogP contribution in [0.2, 0.25) is 0 Å². The van der Waals surface area contributed by atoms with E-state index in [1.165, 1.54) is 12.1 Å². The summed E-state index contributed by atoms with van der Waals surface area (Å²) in [5, 5.41) is 0. The number of carbonyl (C=O) groups excluding carboxylic acids is 1. The van der Waals surface area contributed by atoms with Crippen molar-refractivity contribution < 1.29 is 9.18 Å².